The van der Waals surface area contributed by atoms with E-state index in [1.165, 1.54) is 0 Å². The summed E-state index contributed by atoms with van der Waals surface area (Å²) < 4.78 is 1.81. The molecular weight excluding hydrogens is 236 g/mol. The summed E-state index contributed by atoms with van der Waals surface area (Å²) >= 11 is 6.16. The molecule has 0 amide bonds. The number of halogens is 1. The zero-order valence-corrected chi connectivity index (χ0v) is 10.5. The van der Waals surface area contributed by atoms with E-state index in [0.717, 1.165) is 17.5 Å². The van der Waals surface area contributed by atoms with Crippen LogP contribution in [0.15, 0.2) is 30.5 Å². The van der Waals surface area contributed by atoms with Gasteiger partial charge in [-0.2, -0.15) is 5.10 Å². The van der Waals surface area contributed by atoms with Crippen LogP contribution in [-0.2, 0) is 0 Å². The van der Waals surface area contributed by atoms with Crippen LogP contribution in [0.4, 0.5) is 0 Å². The van der Waals surface area contributed by atoms with Crippen LogP contribution in [0.1, 0.15) is 30.2 Å². The molecule has 3 nitrogen and oxygen atoms in total. The normalized spacial score (nSPS) is 10.8. The number of aromatic nitrogens is 2. The van der Waals surface area contributed by atoms with Crippen molar-refractivity contribution < 1.29 is 4.79 Å². The van der Waals surface area contributed by atoms with Gasteiger partial charge < -0.3 is 0 Å². The van der Waals surface area contributed by atoms with Crippen molar-refractivity contribution in [3.8, 4) is 11.3 Å². The average molecular weight is 249 g/mol. The highest BCUT2D eigenvalue weighted by Gasteiger charge is 2.16. The lowest BCUT2D eigenvalue weighted by Crippen LogP contribution is -2.05. The molecule has 2 rings (SSSR count). The number of hydrogen-bond acceptors (Lipinski definition) is 2. The third-order valence-electron chi connectivity index (χ3n) is 2.57. The van der Waals surface area contributed by atoms with Crippen molar-refractivity contribution in [1.82, 2.24) is 9.78 Å². The predicted octanol–water partition coefficient (Wildman–Crippen LogP) is 3.60. The number of rotatable bonds is 3. The molecule has 1 aromatic carbocycles. The molecule has 17 heavy (non-hydrogen) atoms. The van der Waals surface area contributed by atoms with Gasteiger partial charge in [0, 0.05) is 16.6 Å². The van der Waals surface area contributed by atoms with Crippen molar-refractivity contribution in [3.63, 3.8) is 0 Å². The fraction of sp³-hybridized carbons (Fsp3) is 0.231. The first kappa shape index (κ1) is 11.9. The number of carbonyl (C=O) groups is 1. The lowest BCUT2D eigenvalue weighted by Gasteiger charge is -2.12. The van der Waals surface area contributed by atoms with E-state index in [2.05, 4.69) is 5.10 Å². The number of nitrogens with zero attached hydrogens (tertiary/aromatic N) is 2. The molecular formula is C13H13ClN2O. The molecule has 0 radical (unpaired) electrons. The quantitative estimate of drug-likeness (QED) is 0.778. The first-order valence-electron chi connectivity index (χ1n) is 5.42. The van der Waals surface area contributed by atoms with Crippen LogP contribution in [-0.4, -0.2) is 16.1 Å². The molecule has 88 valence electrons. The van der Waals surface area contributed by atoms with E-state index in [0.29, 0.717) is 10.6 Å². The van der Waals surface area contributed by atoms with Gasteiger partial charge in [-0.25, -0.2) is 0 Å². The summed E-state index contributed by atoms with van der Waals surface area (Å²) in [6.45, 7) is 4.03. The van der Waals surface area contributed by atoms with E-state index >= 15 is 0 Å². The predicted molar refractivity (Wildman–Crippen MR) is 68.4 cm³/mol. The van der Waals surface area contributed by atoms with Crippen molar-refractivity contribution in [2.75, 3.05) is 0 Å². The second-order valence-corrected chi connectivity index (χ2v) is 4.49. The number of aldehydes is 1. The maximum absolute atomic E-state index is 11.1. The minimum Gasteiger partial charge on any atom is -0.298 e. The minimum absolute atomic E-state index is 0.176. The van der Waals surface area contributed by atoms with E-state index < -0.39 is 0 Å². The summed E-state index contributed by atoms with van der Waals surface area (Å²) in [5.74, 6) is 0. The van der Waals surface area contributed by atoms with Gasteiger partial charge in [0.15, 0.2) is 6.29 Å². The zero-order valence-electron chi connectivity index (χ0n) is 9.72. The van der Waals surface area contributed by atoms with Crippen molar-refractivity contribution in [2.24, 2.45) is 0 Å². The van der Waals surface area contributed by atoms with Crippen LogP contribution in [0.5, 0.6) is 0 Å². The molecule has 0 aliphatic rings. The Kier molecular flexibility index (Phi) is 3.29. The first-order chi connectivity index (χ1) is 8.15. The molecule has 0 bridgehead atoms. The van der Waals surface area contributed by atoms with Crippen molar-refractivity contribution >= 4 is 17.9 Å². The Labute approximate surface area is 105 Å². The Hall–Kier alpha value is -1.61. The molecule has 1 heterocycles. The van der Waals surface area contributed by atoms with Crippen LogP contribution in [0.2, 0.25) is 5.02 Å². The van der Waals surface area contributed by atoms with Gasteiger partial charge in [0.05, 0.1) is 17.5 Å². The van der Waals surface area contributed by atoms with Gasteiger partial charge in [-0.15, -0.1) is 0 Å². The fourth-order valence-corrected chi connectivity index (χ4v) is 2.01. The lowest BCUT2D eigenvalue weighted by molar-refractivity contribution is 0.112. The molecule has 0 aliphatic heterocycles. The Morgan fingerprint density at radius 2 is 2.06 bits per heavy atom. The summed E-state index contributed by atoms with van der Waals surface area (Å²) in [7, 11) is 0. The Bertz CT molecular complexity index is 546. The van der Waals surface area contributed by atoms with E-state index in [1.807, 2.05) is 42.8 Å². The summed E-state index contributed by atoms with van der Waals surface area (Å²) in [6, 6.07) is 7.64. The van der Waals surface area contributed by atoms with E-state index in [-0.39, 0.29) is 6.04 Å². The molecule has 0 unspecified atom stereocenters. The molecule has 0 aliphatic carbocycles. The highest BCUT2D eigenvalue weighted by atomic mass is 35.5. The second-order valence-electron chi connectivity index (χ2n) is 4.08. The van der Waals surface area contributed by atoms with Crippen LogP contribution in [0.25, 0.3) is 11.3 Å². The fourth-order valence-electron chi connectivity index (χ4n) is 1.79. The molecule has 4 heteroatoms. The molecule has 0 N–H and O–H groups in total. The maximum Gasteiger partial charge on any atom is 0.153 e. The highest BCUT2D eigenvalue weighted by Crippen LogP contribution is 2.31. The second kappa shape index (κ2) is 4.72. The smallest absolute Gasteiger partial charge is 0.153 e. The zero-order chi connectivity index (χ0) is 12.4. The third-order valence-corrected chi connectivity index (χ3v) is 2.90. The molecule has 0 fully saturated rings. The van der Waals surface area contributed by atoms with Crippen molar-refractivity contribution in [1.29, 1.82) is 0 Å². The summed E-state index contributed by atoms with van der Waals surface area (Å²) in [5.41, 5.74) is 2.18. The van der Waals surface area contributed by atoms with Gasteiger partial charge in [-0.3, -0.25) is 9.48 Å². The highest BCUT2D eigenvalue weighted by molar-refractivity contribution is 6.33. The molecule has 0 spiro atoms. The van der Waals surface area contributed by atoms with Gasteiger partial charge in [-0.1, -0.05) is 29.8 Å². The molecule has 0 saturated heterocycles. The van der Waals surface area contributed by atoms with Gasteiger partial charge in [-0.05, 0) is 19.9 Å². The van der Waals surface area contributed by atoms with E-state index in [1.54, 1.807) is 6.20 Å². The maximum atomic E-state index is 11.1. The van der Waals surface area contributed by atoms with Gasteiger partial charge >= 0.3 is 0 Å². The van der Waals surface area contributed by atoms with Crippen LogP contribution in [0, 0.1) is 0 Å². The Balaban J connectivity index is 2.69. The van der Waals surface area contributed by atoms with Crippen molar-refractivity contribution in [2.45, 2.75) is 19.9 Å². The summed E-state index contributed by atoms with van der Waals surface area (Å²) in [5, 5.41) is 4.85. The minimum atomic E-state index is 0.176. The first-order valence-corrected chi connectivity index (χ1v) is 5.80. The topological polar surface area (TPSA) is 34.9 Å². The van der Waals surface area contributed by atoms with Gasteiger partial charge in [0.2, 0.25) is 0 Å². The monoisotopic (exact) mass is 248 g/mol. The Morgan fingerprint density at radius 1 is 1.35 bits per heavy atom. The third kappa shape index (κ3) is 2.11. The van der Waals surface area contributed by atoms with Crippen LogP contribution >= 0.6 is 11.6 Å². The van der Waals surface area contributed by atoms with Crippen molar-refractivity contribution in [3.05, 3.63) is 41.0 Å². The molecule has 1 aromatic heterocycles. The summed E-state index contributed by atoms with van der Waals surface area (Å²) in [6.07, 6.45) is 2.39. The largest absolute Gasteiger partial charge is 0.298 e. The molecule has 0 atom stereocenters. The average Bonchev–Trinajstić information content (AvgIpc) is 2.73. The van der Waals surface area contributed by atoms with Gasteiger partial charge in [0.25, 0.3) is 0 Å². The van der Waals surface area contributed by atoms with E-state index in [9.17, 15) is 4.79 Å². The number of hydrogen-bond donors (Lipinski definition) is 0. The summed E-state index contributed by atoms with van der Waals surface area (Å²) in [4.78, 5) is 11.1. The Morgan fingerprint density at radius 3 is 2.65 bits per heavy atom. The number of carbonyl (C=O) groups excluding carboxylic acids is 1. The SMILES string of the molecule is CC(C)n1ncc(C=O)c1-c1ccccc1Cl. The molecule has 0 saturated carbocycles. The number of benzene rings is 1. The van der Waals surface area contributed by atoms with Gasteiger partial charge in [0.1, 0.15) is 0 Å². The lowest BCUT2D eigenvalue weighted by atomic mass is 10.1. The van der Waals surface area contributed by atoms with Crippen LogP contribution < -0.4 is 0 Å². The van der Waals surface area contributed by atoms with Crippen LogP contribution in [0.3, 0.4) is 0 Å². The standard InChI is InChI=1S/C13H13ClN2O/c1-9(2)16-13(10(8-17)7-15-16)11-5-3-4-6-12(11)14/h3-9H,1-2H3. The molecule has 2 aromatic rings. The van der Waals surface area contributed by atoms with E-state index in [4.69, 9.17) is 11.6 Å².